The molecule has 2 aromatic rings. The summed E-state index contributed by atoms with van der Waals surface area (Å²) in [6.45, 7) is 5.49. The van der Waals surface area contributed by atoms with Gasteiger partial charge in [-0.15, -0.1) is 0 Å². The smallest absolute Gasteiger partial charge is 0.216 e. The minimum Gasteiger partial charge on any atom is -0.356 e. The van der Waals surface area contributed by atoms with E-state index >= 15 is 0 Å². The van der Waals surface area contributed by atoms with Crippen molar-refractivity contribution in [3.63, 3.8) is 0 Å². The fourth-order valence-corrected chi connectivity index (χ4v) is 2.39. The normalized spacial score (nSPS) is 10.9. The lowest BCUT2D eigenvalue weighted by atomic mass is 10.2. The molecule has 0 atom stereocenters. The van der Waals surface area contributed by atoms with Crippen LogP contribution < -0.4 is 5.32 Å². The molecule has 1 heterocycles. The van der Waals surface area contributed by atoms with Gasteiger partial charge in [0.25, 0.3) is 0 Å². The molecule has 0 unspecified atom stereocenters. The van der Waals surface area contributed by atoms with E-state index in [1.807, 2.05) is 6.07 Å². The third kappa shape index (κ3) is 3.59. The molecule has 1 amide bonds. The maximum atomic E-state index is 10.9. The van der Waals surface area contributed by atoms with Gasteiger partial charge in [-0.25, -0.2) is 4.98 Å². The second-order valence-corrected chi connectivity index (χ2v) is 5.11. The summed E-state index contributed by atoms with van der Waals surface area (Å²) in [4.78, 5) is 15.6. The number of aryl methyl sites for hydroxylation is 2. The lowest BCUT2D eigenvalue weighted by Crippen LogP contribution is -2.21. The molecule has 0 fully saturated rings. The quantitative estimate of drug-likeness (QED) is 0.788. The molecule has 0 bridgehead atoms. The Hall–Kier alpha value is -1.84. The summed E-state index contributed by atoms with van der Waals surface area (Å²) in [5.41, 5.74) is 2.29. The summed E-state index contributed by atoms with van der Waals surface area (Å²) in [5, 5.41) is 2.84. The Morgan fingerprint density at radius 1 is 1.30 bits per heavy atom. The molecule has 0 saturated carbocycles. The standard InChI is InChI=1S/C16H23N3O/c1-3-4-12-19-15-9-6-5-8-14(15)18-16(19)10-7-11-17-13(2)20/h5-6,8-9H,3-4,7,10-12H2,1-2H3,(H,17,20). The first-order valence-electron chi connectivity index (χ1n) is 7.41. The Morgan fingerprint density at radius 3 is 2.85 bits per heavy atom. The molecule has 1 N–H and O–H groups in total. The first-order valence-corrected chi connectivity index (χ1v) is 7.41. The minimum atomic E-state index is 0.0319. The van der Waals surface area contributed by atoms with E-state index in [2.05, 4.69) is 35.0 Å². The average molecular weight is 273 g/mol. The van der Waals surface area contributed by atoms with Gasteiger partial charge in [-0.05, 0) is 25.0 Å². The predicted molar refractivity (Wildman–Crippen MR) is 81.6 cm³/mol. The summed E-state index contributed by atoms with van der Waals surface area (Å²) in [5.74, 6) is 1.16. The molecule has 20 heavy (non-hydrogen) atoms. The highest BCUT2D eigenvalue weighted by Crippen LogP contribution is 2.17. The topological polar surface area (TPSA) is 46.9 Å². The van der Waals surface area contributed by atoms with E-state index in [1.165, 1.54) is 18.4 Å². The van der Waals surface area contributed by atoms with Crippen LogP contribution in [0, 0.1) is 0 Å². The zero-order valence-electron chi connectivity index (χ0n) is 12.4. The number of benzene rings is 1. The van der Waals surface area contributed by atoms with Crippen molar-refractivity contribution in [2.24, 2.45) is 0 Å². The number of carbonyl (C=O) groups is 1. The Bertz CT molecular complexity index is 574. The monoisotopic (exact) mass is 273 g/mol. The van der Waals surface area contributed by atoms with Gasteiger partial charge in [0.15, 0.2) is 0 Å². The molecule has 108 valence electrons. The minimum absolute atomic E-state index is 0.0319. The number of hydrogen-bond donors (Lipinski definition) is 1. The van der Waals surface area contributed by atoms with Crippen LogP contribution in [0.3, 0.4) is 0 Å². The molecule has 1 aromatic heterocycles. The van der Waals surface area contributed by atoms with Crippen molar-refractivity contribution in [1.29, 1.82) is 0 Å². The van der Waals surface area contributed by atoms with Crippen LogP contribution in [-0.4, -0.2) is 22.0 Å². The lowest BCUT2D eigenvalue weighted by Gasteiger charge is -2.08. The highest BCUT2D eigenvalue weighted by atomic mass is 16.1. The molecule has 0 aliphatic heterocycles. The fourth-order valence-electron chi connectivity index (χ4n) is 2.39. The van der Waals surface area contributed by atoms with E-state index in [1.54, 1.807) is 6.92 Å². The van der Waals surface area contributed by atoms with Crippen LogP contribution in [0.4, 0.5) is 0 Å². The molecule has 4 heteroatoms. The molecular weight excluding hydrogens is 250 g/mol. The zero-order chi connectivity index (χ0) is 14.4. The molecular formula is C16H23N3O. The van der Waals surface area contributed by atoms with Crippen LogP contribution in [0.15, 0.2) is 24.3 Å². The van der Waals surface area contributed by atoms with Gasteiger partial charge in [0.05, 0.1) is 11.0 Å². The van der Waals surface area contributed by atoms with Crippen LogP contribution in [-0.2, 0) is 17.8 Å². The maximum Gasteiger partial charge on any atom is 0.216 e. The van der Waals surface area contributed by atoms with Crippen molar-refractivity contribution in [2.75, 3.05) is 6.54 Å². The number of unbranched alkanes of at least 4 members (excludes halogenated alkanes) is 1. The van der Waals surface area contributed by atoms with Gasteiger partial charge in [0.2, 0.25) is 5.91 Å². The second kappa shape index (κ2) is 7.08. The van der Waals surface area contributed by atoms with Crippen LogP contribution in [0.2, 0.25) is 0 Å². The molecule has 0 radical (unpaired) electrons. The molecule has 0 aliphatic carbocycles. The van der Waals surface area contributed by atoms with Gasteiger partial charge >= 0.3 is 0 Å². The third-order valence-electron chi connectivity index (χ3n) is 3.42. The first-order chi connectivity index (χ1) is 9.72. The molecule has 4 nitrogen and oxygen atoms in total. The number of amides is 1. The SMILES string of the molecule is CCCCn1c(CCCNC(C)=O)nc2ccccc21. The van der Waals surface area contributed by atoms with Crippen molar-refractivity contribution in [3.05, 3.63) is 30.1 Å². The van der Waals surface area contributed by atoms with E-state index in [0.717, 1.165) is 30.7 Å². The van der Waals surface area contributed by atoms with Gasteiger partial charge < -0.3 is 9.88 Å². The number of carbonyl (C=O) groups excluding carboxylic acids is 1. The number of imidazole rings is 1. The molecule has 0 spiro atoms. The summed E-state index contributed by atoms with van der Waals surface area (Å²) in [7, 11) is 0. The number of hydrogen-bond acceptors (Lipinski definition) is 2. The van der Waals surface area contributed by atoms with Gasteiger partial charge in [-0.1, -0.05) is 25.5 Å². The van der Waals surface area contributed by atoms with Crippen LogP contribution in [0.1, 0.15) is 38.9 Å². The van der Waals surface area contributed by atoms with E-state index in [0.29, 0.717) is 6.54 Å². The van der Waals surface area contributed by atoms with Crippen molar-refractivity contribution < 1.29 is 4.79 Å². The molecule has 2 rings (SSSR count). The fraction of sp³-hybridized carbons (Fsp3) is 0.500. The van der Waals surface area contributed by atoms with Crippen molar-refractivity contribution in [1.82, 2.24) is 14.9 Å². The Kier molecular flexibility index (Phi) is 5.16. The Morgan fingerprint density at radius 2 is 2.10 bits per heavy atom. The number of nitrogens with zero attached hydrogens (tertiary/aromatic N) is 2. The van der Waals surface area contributed by atoms with Gasteiger partial charge in [0, 0.05) is 26.4 Å². The van der Waals surface area contributed by atoms with Crippen molar-refractivity contribution >= 4 is 16.9 Å². The zero-order valence-corrected chi connectivity index (χ0v) is 12.4. The summed E-state index contributed by atoms with van der Waals surface area (Å²) < 4.78 is 2.33. The van der Waals surface area contributed by atoms with E-state index in [9.17, 15) is 4.79 Å². The molecule has 0 aliphatic rings. The maximum absolute atomic E-state index is 10.9. The number of aromatic nitrogens is 2. The predicted octanol–water partition coefficient (Wildman–Crippen LogP) is 2.91. The van der Waals surface area contributed by atoms with E-state index < -0.39 is 0 Å². The molecule has 0 saturated heterocycles. The largest absolute Gasteiger partial charge is 0.356 e. The molecule has 1 aromatic carbocycles. The van der Waals surface area contributed by atoms with Gasteiger partial charge in [0.1, 0.15) is 5.82 Å². The van der Waals surface area contributed by atoms with Crippen molar-refractivity contribution in [3.8, 4) is 0 Å². The van der Waals surface area contributed by atoms with Crippen LogP contribution in [0.5, 0.6) is 0 Å². The Labute approximate surface area is 120 Å². The van der Waals surface area contributed by atoms with Gasteiger partial charge in [-0.2, -0.15) is 0 Å². The Balaban J connectivity index is 2.11. The number of para-hydroxylation sites is 2. The number of nitrogens with one attached hydrogen (secondary N) is 1. The number of fused-ring (bicyclic) bond motifs is 1. The van der Waals surface area contributed by atoms with Crippen LogP contribution in [0.25, 0.3) is 11.0 Å². The summed E-state index contributed by atoms with van der Waals surface area (Å²) in [6.07, 6.45) is 4.17. The van der Waals surface area contributed by atoms with Crippen LogP contribution >= 0.6 is 0 Å². The first kappa shape index (κ1) is 14.6. The van der Waals surface area contributed by atoms with E-state index in [4.69, 9.17) is 4.98 Å². The van der Waals surface area contributed by atoms with Crippen molar-refractivity contribution in [2.45, 2.75) is 46.1 Å². The highest BCUT2D eigenvalue weighted by Gasteiger charge is 2.09. The highest BCUT2D eigenvalue weighted by molar-refractivity contribution is 5.76. The number of rotatable bonds is 7. The summed E-state index contributed by atoms with van der Waals surface area (Å²) in [6, 6.07) is 8.29. The second-order valence-electron chi connectivity index (χ2n) is 5.11. The summed E-state index contributed by atoms with van der Waals surface area (Å²) >= 11 is 0. The van der Waals surface area contributed by atoms with E-state index in [-0.39, 0.29) is 5.91 Å². The average Bonchev–Trinajstić information content (AvgIpc) is 2.79. The lowest BCUT2D eigenvalue weighted by molar-refractivity contribution is -0.118. The third-order valence-corrected chi connectivity index (χ3v) is 3.42. The van der Waals surface area contributed by atoms with Gasteiger partial charge in [-0.3, -0.25) is 4.79 Å².